The maximum atomic E-state index is 13.2. The number of nitrogens with zero attached hydrogens (tertiary/aromatic N) is 1. The van der Waals surface area contributed by atoms with Gasteiger partial charge < -0.3 is 5.32 Å². The first kappa shape index (κ1) is 23.2. The molecule has 0 heterocycles. The van der Waals surface area contributed by atoms with Gasteiger partial charge >= 0.3 is 0 Å². The molecule has 0 spiro atoms. The minimum absolute atomic E-state index is 0.198. The van der Waals surface area contributed by atoms with Crippen molar-refractivity contribution < 1.29 is 13.2 Å². The lowest BCUT2D eigenvalue weighted by molar-refractivity contribution is -0.123. The van der Waals surface area contributed by atoms with Gasteiger partial charge in [-0.1, -0.05) is 49.7 Å². The van der Waals surface area contributed by atoms with Gasteiger partial charge in [-0.2, -0.15) is 0 Å². The lowest BCUT2D eigenvalue weighted by atomic mass is 9.99. The zero-order valence-corrected chi connectivity index (χ0v) is 19.1. The molecule has 0 bridgehead atoms. The number of nitrogens with one attached hydrogen (secondary N) is 1. The summed E-state index contributed by atoms with van der Waals surface area (Å²) in [6, 6.07) is 11.6. The fourth-order valence-electron chi connectivity index (χ4n) is 3.34. The second kappa shape index (κ2) is 9.63. The van der Waals surface area contributed by atoms with Crippen molar-refractivity contribution in [1.82, 2.24) is 5.32 Å². The molecule has 1 amide bonds. The summed E-state index contributed by atoms with van der Waals surface area (Å²) in [6.07, 6.45) is 2.12. The first-order chi connectivity index (χ1) is 13.6. The van der Waals surface area contributed by atoms with E-state index in [9.17, 15) is 13.2 Å². The van der Waals surface area contributed by atoms with Crippen LogP contribution in [0.5, 0.6) is 0 Å². The zero-order chi connectivity index (χ0) is 21.8. The Morgan fingerprint density at radius 3 is 2.28 bits per heavy atom. The van der Waals surface area contributed by atoms with Crippen LogP contribution < -0.4 is 9.62 Å². The van der Waals surface area contributed by atoms with Gasteiger partial charge in [0.1, 0.15) is 6.04 Å². The van der Waals surface area contributed by atoms with Gasteiger partial charge in [-0.15, -0.1) is 0 Å². The standard InChI is InChI=1S/C22H29ClN2O3S/c1-6-20(17-12-11-15(3)16(4)13-17)24-22(26)21(7-2)25(29(5,27)28)19-10-8-9-18(23)14-19/h8-14,20-21H,6-7H2,1-5H3,(H,24,26)/t20-,21+/m0/s1. The number of rotatable bonds is 8. The minimum Gasteiger partial charge on any atom is -0.347 e. The van der Waals surface area contributed by atoms with Crippen LogP contribution in [0.4, 0.5) is 5.69 Å². The van der Waals surface area contributed by atoms with Crippen LogP contribution in [0.25, 0.3) is 0 Å². The van der Waals surface area contributed by atoms with Crippen molar-refractivity contribution in [2.45, 2.75) is 52.6 Å². The monoisotopic (exact) mass is 436 g/mol. The zero-order valence-electron chi connectivity index (χ0n) is 17.6. The Kier molecular flexibility index (Phi) is 7.72. The van der Waals surface area contributed by atoms with Gasteiger partial charge in [0.05, 0.1) is 18.0 Å². The predicted octanol–water partition coefficient (Wildman–Crippen LogP) is 4.77. The van der Waals surface area contributed by atoms with Gasteiger partial charge in [0.25, 0.3) is 0 Å². The minimum atomic E-state index is -3.70. The Hall–Kier alpha value is -2.05. The van der Waals surface area contributed by atoms with Crippen LogP contribution in [0.15, 0.2) is 42.5 Å². The molecule has 2 rings (SSSR count). The summed E-state index contributed by atoms with van der Waals surface area (Å²) >= 11 is 6.06. The molecule has 1 N–H and O–H groups in total. The molecule has 2 aromatic carbocycles. The SMILES string of the molecule is CC[C@H](NC(=O)[C@@H](CC)N(c1cccc(Cl)c1)S(C)(=O)=O)c1ccc(C)c(C)c1. The number of hydrogen-bond donors (Lipinski definition) is 1. The van der Waals surface area contributed by atoms with Crippen molar-refractivity contribution in [2.24, 2.45) is 0 Å². The largest absolute Gasteiger partial charge is 0.347 e. The van der Waals surface area contributed by atoms with E-state index in [-0.39, 0.29) is 11.9 Å². The summed E-state index contributed by atoms with van der Waals surface area (Å²) in [6.45, 7) is 7.86. The van der Waals surface area contributed by atoms with Gasteiger partial charge in [-0.25, -0.2) is 8.42 Å². The summed E-state index contributed by atoms with van der Waals surface area (Å²) in [5.41, 5.74) is 3.72. The number of aryl methyl sites for hydroxylation is 2. The van der Waals surface area contributed by atoms with Gasteiger partial charge in [0.15, 0.2) is 0 Å². The van der Waals surface area contributed by atoms with E-state index in [0.717, 1.165) is 21.7 Å². The predicted molar refractivity (Wildman–Crippen MR) is 120 cm³/mol. The fraction of sp³-hybridized carbons (Fsp3) is 0.409. The van der Waals surface area contributed by atoms with E-state index in [4.69, 9.17) is 11.6 Å². The Balaban J connectivity index is 2.36. The lowest BCUT2D eigenvalue weighted by Crippen LogP contribution is -2.50. The molecule has 7 heteroatoms. The molecule has 5 nitrogen and oxygen atoms in total. The third kappa shape index (κ3) is 5.73. The van der Waals surface area contributed by atoms with E-state index in [1.54, 1.807) is 31.2 Å². The number of anilines is 1. The summed E-state index contributed by atoms with van der Waals surface area (Å²) in [7, 11) is -3.70. The summed E-state index contributed by atoms with van der Waals surface area (Å²) < 4.78 is 26.3. The Morgan fingerprint density at radius 1 is 1.07 bits per heavy atom. The van der Waals surface area contributed by atoms with Crippen LogP contribution in [-0.4, -0.2) is 26.6 Å². The van der Waals surface area contributed by atoms with E-state index in [1.807, 2.05) is 32.9 Å². The molecular formula is C22H29ClN2O3S. The van der Waals surface area contributed by atoms with Crippen LogP contribution in [-0.2, 0) is 14.8 Å². The number of carbonyl (C=O) groups is 1. The van der Waals surface area contributed by atoms with E-state index < -0.39 is 16.1 Å². The van der Waals surface area contributed by atoms with Gasteiger partial charge in [0.2, 0.25) is 15.9 Å². The highest BCUT2D eigenvalue weighted by atomic mass is 35.5. The Bertz CT molecular complexity index is 976. The number of benzene rings is 2. The number of halogens is 1. The molecule has 0 aliphatic heterocycles. The fourth-order valence-corrected chi connectivity index (χ4v) is 4.73. The molecule has 158 valence electrons. The smallest absolute Gasteiger partial charge is 0.244 e. The van der Waals surface area contributed by atoms with Gasteiger partial charge in [-0.3, -0.25) is 9.10 Å². The first-order valence-corrected chi connectivity index (χ1v) is 11.9. The molecule has 29 heavy (non-hydrogen) atoms. The Labute approximate surface area is 179 Å². The van der Waals surface area contributed by atoms with Crippen molar-refractivity contribution in [3.8, 4) is 0 Å². The average molecular weight is 437 g/mol. The summed E-state index contributed by atoms with van der Waals surface area (Å²) in [4.78, 5) is 13.2. The van der Waals surface area contributed by atoms with E-state index in [2.05, 4.69) is 11.4 Å². The quantitative estimate of drug-likeness (QED) is 0.648. The van der Waals surface area contributed by atoms with E-state index in [1.165, 1.54) is 5.56 Å². The van der Waals surface area contributed by atoms with Crippen molar-refractivity contribution in [3.63, 3.8) is 0 Å². The molecule has 0 unspecified atom stereocenters. The van der Waals surface area contributed by atoms with Gasteiger partial charge in [0, 0.05) is 5.02 Å². The highest BCUT2D eigenvalue weighted by molar-refractivity contribution is 7.92. The summed E-state index contributed by atoms with van der Waals surface area (Å²) in [5, 5.41) is 3.45. The molecule has 0 saturated heterocycles. The van der Waals surface area contributed by atoms with Gasteiger partial charge in [-0.05, 0) is 61.6 Å². The third-order valence-electron chi connectivity index (χ3n) is 5.05. The molecule has 0 saturated carbocycles. The highest BCUT2D eigenvalue weighted by Crippen LogP contribution is 2.26. The molecular weight excluding hydrogens is 408 g/mol. The maximum Gasteiger partial charge on any atom is 0.244 e. The van der Waals surface area contributed by atoms with Crippen molar-refractivity contribution in [1.29, 1.82) is 0 Å². The van der Waals surface area contributed by atoms with E-state index >= 15 is 0 Å². The van der Waals surface area contributed by atoms with Crippen LogP contribution in [0.1, 0.15) is 49.4 Å². The van der Waals surface area contributed by atoms with Crippen LogP contribution in [0, 0.1) is 13.8 Å². The normalized spacial score (nSPS) is 13.6. The maximum absolute atomic E-state index is 13.2. The molecule has 0 aromatic heterocycles. The Morgan fingerprint density at radius 2 is 1.76 bits per heavy atom. The number of amides is 1. The second-order valence-corrected chi connectivity index (χ2v) is 9.57. The summed E-state index contributed by atoms with van der Waals surface area (Å²) in [5.74, 6) is -0.331. The number of carbonyl (C=O) groups excluding carboxylic acids is 1. The molecule has 2 aromatic rings. The van der Waals surface area contributed by atoms with Crippen LogP contribution in [0.3, 0.4) is 0 Å². The molecule has 0 radical (unpaired) electrons. The van der Waals surface area contributed by atoms with Crippen LogP contribution in [0.2, 0.25) is 5.02 Å². The molecule has 0 fully saturated rings. The number of sulfonamides is 1. The topological polar surface area (TPSA) is 66.5 Å². The first-order valence-electron chi connectivity index (χ1n) is 9.71. The highest BCUT2D eigenvalue weighted by Gasteiger charge is 2.32. The van der Waals surface area contributed by atoms with Crippen molar-refractivity contribution >= 4 is 33.2 Å². The number of hydrogen-bond acceptors (Lipinski definition) is 3. The van der Waals surface area contributed by atoms with Crippen molar-refractivity contribution in [2.75, 3.05) is 10.6 Å². The second-order valence-electron chi connectivity index (χ2n) is 7.28. The molecule has 2 atom stereocenters. The van der Waals surface area contributed by atoms with Crippen LogP contribution >= 0.6 is 11.6 Å². The van der Waals surface area contributed by atoms with Crippen molar-refractivity contribution in [3.05, 3.63) is 64.2 Å². The average Bonchev–Trinajstić information content (AvgIpc) is 2.65. The third-order valence-corrected chi connectivity index (χ3v) is 6.47. The van der Waals surface area contributed by atoms with E-state index in [0.29, 0.717) is 23.6 Å². The molecule has 0 aliphatic rings. The molecule has 0 aliphatic carbocycles. The lowest BCUT2D eigenvalue weighted by Gasteiger charge is -2.31.